The summed E-state index contributed by atoms with van der Waals surface area (Å²) in [6, 6.07) is 7.29. The summed E-state index contributed by atoms with van der Waals surface area (Å²) < 4.78 is 0. The number of carbonyl (C=O) groups is 2. The molecular weight excluding hydrogens is 300 g/mol. The Hall–Kier alpha value is -1.55. The van der Waals surface area contributed by atoms with E-state index in [1.807, 2.05) is 19.1 Å². The lowest BCUT2D eigenvalue weighted by molar-refractivity contribution is -0.126. The van der Waals surface area contributed by atoms with Crippen molar-refractivity contribution in [2.45, 2.75) is 39.2 Å². The fraction of sp³-hybridized carbons (Fsp3) is 0.529. The fourth-order valence-corrected chi connectivity index (χ4v) is 2.83. The maximum Gasteiger partial charge on any atom is 0.255 e. The van der Waals surface area contributed by atoms with E-state index in [0.29, 0.717) is 36.5 Å². The van der Waals surface area contributed by atoms with E-state index in [9.17, 15) is 9.59 Å². The van der Waals surface area contributed by atoms with Crippen molar-refractivity contribution in [2.75, 3.05) is 13.1 Å². The molecule has 1 unspecified atom stereocenters. The SMILES string of the molecule is CCC(C)NC(=O)C1CCN(C(=O)c2ccccc2Cl)CC1. The van der Waals surface area contributed by atoms with Gasteiger partial charge in [-0.05, 0) is 38.3 Å². The molecule has 1 atom stereocenters. The standard InChI is InChI=1S/C17H23ClN2O2/c1-3-12(2)19-16(21)13-8-10-20(11-9-13)17(22)14-6-4-5-7-15(14)18/h4-7,12-13H,3,8-11H2,1-2H3,(H,19,21). The Kier molecular flexibility index (Phi) is 5.83. The molecule has 5 heteroatoms. The number of nitrogens with one attached hydrogen (secondary N) is 1. The second-order valence-electron chi connectivity index (χ2n) is 5.86. The molecule has 1 aromatic carbocycles. The summed E-state index contributed by atoms with van der Waals surface area (Å²) >= 11 is 6.08. The third-order valence-electron chi connectivity index (χ3n) is 4.26. The van der Waals surface area contributed by atoms with Crippen LogP contribution in [-0.4, -0.2) is 35.8 Å². The van der Waals surface area contributed by atoms with Crippen molar-refractivity contribution in [3.63, 3.8) is 0 Å². The van der Waals surface area contributed by atoms with Crippen LogP contribution >= 0.6 is 11.6 Å². The lowest BCUT2D eigenvalue weighted by Crippen LogP contribution is -2.44. The molecule has 0 aliphatic carbocycles. The zero-order valence-corrected chi connectivity index (χ0v) is 13.9. The van der Waals surface area contributed by atoms with Gasteiger partial charge in [0.1, 0.15) is 0 Å². The van der Waals surface area contributed by atoms with Crippen LogP contribution in [0.5, 0.6) is 0 Å². The summed E-state index contributed by atoms with van der Waals surface area (Å²) in [4.78, 5) is 26.4. The van der Waals surface area contributed by atoms with Crippen LogP contribution in [0.15, 0.2) is 24.3 Å². The van der Waals surface area contributed by atoms with Crippen molar-refractivity contribution >= 4 is 23.4 Å². The largest absolute Gasteiger partial charge is 0.353 e. The highest BCUT2D eigenvalue weighted by molar-refractivity contribution is 6.33. The third kappa shape index (κ3) is 4.01. The van der Waals surface area contributed by atoms with E-state index in [1.54, 1.807) is 17.0 Å². The predicted octanol–water partition coefficient (Wildman–Crippen LogP) is 3.11. The van der Waals surface area contributed by atoms with Gasteiger partial charge in [0, 0.05) is 25.0 Å². The van der Waals surface area contributed by atoms with Gasteiger partial charge in [0.15, 0.2) is 0 Å². The van der Waals surface area contributed by atoms with Crippen molar-refractivity contribution in [1.29, 1.82) is 0 Å². The summed E-state index contributed by atoms with van der Waals surface area (Å²) in [5.74, 6) is 0.0647. The Labute approximate surface area is 136 Å². The molecule has 120 valence electrons. The molecule has 0 saturated carbocycles. The van der Waals surface area contributed by atoms with Crippen molar-refractivity contribution in [2.24, 2.45) is 5.92 Å². The van der Waals surface area contributed by atoms with Crippen molar-refractivity contribution < 1.29 is 9.59 Å². The molecule has 2 rings (SSSR count). The Morgan fingerprint density at radius 3 is 2.55 bits per heavy atom. The number of hydrogen-bond acceptors (Lipinski definition) is 2. The third-order valence-corrected chi connectivity index (χ3v) is 4.59. The monoisotopic (exact) mass is 322 g/mol. The second-order valence-corrected chi connectivity index (χ2v) is 6.27. The predicted molar refractivity (Wildman–Crippen MR) is 88.0 cm³/mol. The number of hydrogen-bond donors (Lipinski definition) is 1. The van der Waals surface area contributed by atoms with E-state index in [0.717, 1.165) is 6.42 Å². The first kappa shape index (κ1) is 16.8. The van der Waals surface area contributed by atoms with Gasteiger partial charge in [-0.1, -0.05) is 30.7 Å². The molecule has 0 bridgehead atoms. The van der Waals surface area contributed by atoms with Crippen molar-refractivity contribution in [3.05, 3.63) is 34.9 Å². The van der Waals surface area contributed by atoms with Crippen LogP contribution in [0.3, 0.4) is 0 Å². The average molecular weight is 323 g/mol. The number of carbonyl (C=O) groups excluding carboxylic acids is 2. The van der Waals surface area contributed by atoms with Gasteiger partial charge in [0.2, 0.25) is 5.91 Å². The smallest absolute Gasteiger partial charge is 0.255 e. The van der Waals surface area contributed by atoms with Crippen LogP contribution in [-0.2, 0) is 4.79 Å². The van der Waals surface area contributed by atoms with Crippen LogP contribution in [0.1, 0.15) is 43.5 Å². The molecule has 1 heterocycles. The number of benzene rings is 1. The number of amides is 2. The second kappa shape index (κ2) is 7.63. The molecule has 0 radical (unpaired) electrons. The van der Waals surface area contributed by atoms with Crippen molar-refractivity contribution in [1.82, 2.24) is 10.2 Å². The fourth-order valence-electron chi connectivity index (χ4n) is 2.61. The van der Waals surface area contributed by atoms with Crippen LogP contribution in [0, 0.1) is 5.92 Å². The Morgan fingerprint density at radius 2 is 1.95 bits per heavy atom. The lowest BCUT2D eigenvalue weighted by atomic mass is 9.95. The quantitative estimate of drug-likeness (QED) is 0.926. The summed E-state index contributed by atoms with van der Waals surface area (Å²) in [6.45, 7) is 5.26. The minimum Gasteiger partial charge on any atom is -0.353 e. The van der Waals surface area contributed by atoms with Crippen LogP contribution in [0.2, 0.25) is 5.02 Å². The number of rotatable bonds is 4. The van der Waals surface area contributed by atoms with Gasteiger partial charge in [-0.25, -0.2) is 0 Å². The maximum absolute atomic E-state index is 12.5. The number of likely N-dealkylation sites (tertiary alicyclic amines) is 1. The number of nitrogens with zero attached hydrogens (tertiary/aromatic N) is 1. The molecule has 1 aromatic rings. The van der Waals surface area contributed by atoms with Gasteiger partial charge in [0.05, 0.1) is 10.6 Å². The molecular formula is C17H23ClN2O2. The zero-order chi connectivity index (χ0) is 16.1. The Bertz CT molecular complexity index is 539. The summed E-state index contributed by atoms with van der Waals surface area (Å²) in [6.07, 6.45) is 2.34. The summed E-state index contributed by atoms with van der Waals surface area (Å²) in [5.41, 5.74) is 0.534. The molecule has 0 spiro atoms. The van der Waals surface area contributed by atoms with Crippen molar-refractivity contribution in [3.8, 4) is 0 Å². The topological polar surface area (TPSA) is 49.4 Å². The molecule has 22 heavy (non-hydrogen) atoms. The van der Waals surface area contributed by atoms with E-state index in [4.69, 9.17) is 11.6 Å². The van der Waals surface area contributed by atoms with Gasteiger partial charge in [-0.3, -0.25) is 9.59 Å². The van der Waals surface area contributed by atoms with E-state index in [-0.39, 0.29) is 23.8 Å². The molecule has 1 N–H and O–H groups in total. The highest BCUT2D eigenvalue weighted by Gasteiger charge is 2.28. The molecule has 0 aromatic heterocycles. The Morgan fingerprint density at radius 1 is 1.32 bits per heavy atom. The van der Waals surface area contributed by atoms with Gasteiger partial charge in [0.25, 0.3) is 5.91 Å². The van der Waals surface area contributed by atoms with E-state index >= 15 is 0 Å². The van der Waals surface area contributed by atoms with Gasteiger partial charge in [-0.2, -0.15) is 0 Å². The minimum absolute atomic E-state index is 0.00398. The highest BCUT2D eigenvalue weighted by atomic mass is 35.5. The van der Waals surface area contributed by atoms with Crippen LogP contribution in [0.4, 0.5) is 0 Å². The molecule has 1 fully saturated rings. The number of halogens is 1. The summed E-state index contributed by atoms with van der Waals surface area (Å²) in [7, 11) is 0. The zero-order valence-electron chi connectivity index (χ0n) is 13.1. The normalized spacial score (nSPS) is 17.1. The maximum atomic E-state index is 12.5. The molecule has 1 aliphatic heterocycles. The van der Waals surface area contributed by atoms with E-state index in [2.05, 4.69) is 12.2 Å². The minimum atomic E-state index is -0.0496. The summed E-state index contributed by atoms with van der Waals surface area (Å²) in [5, 5.41) is 3.50. The number of piperidine rings is 1. The molecule has 1 aliphatic rings. The van der Waals surface area contributed by atoms with Gasteiger partial charge in [-0.15, -0.1) is 0 Å². The average Bonchev–Trinajstić information content (AvgIpc) is 2.54. The first-order valence-electron chi connectivity index (χ1n) is 7.87. The van der Waals surface area contributed by atoms with Crippen LogP contribution < -0.4 is 5.32 Å². The first-order valence-corrected chi connectivity index (χ1v) is 8.25. The van der Waals surface area contributed by atoms with E-state index < -0.39 is 0 Å². The first-order chi connectivity index (χ1) is 10.5. The molecule has 2 amide bonds. The molecule has 1 saturated heterocycles. The highest BCUT2D eigenvalue weighted by Crippen LogP contribution is 2.22. The van der Waals surface area contributed by atoms with Gasteiger partial charge >= 0.3 is 0 Å². The van der Waals surface area contributed by atoms with Gasteiger partial charge < -0.3 is 10.2 Å². The van der Waals surface area contributed by atoms with E-state index in [1.165, 1.54) is 0 Å². The lowest BCUT2D eigenvalue weighted by Gasteiger charge is -2.32. The Balaban J connectivity index is 1.91. The van der Waals surface area contributed by atoms with Crippen LogP contribution in [0.25, 0.3) is 0 Å². The molecule has 4 nitrogen and oxygen atoms in total.